The number of fused-ring (bicyclic) bond motifs is 3. The quantitative estimate of drug-likeness (QED) is 0.235. The zero-order valence-corrected chi connectivity index (χ0v) is 28.6. The van der Waals surface area contributed by atoms with Gasteiger partial charge in [-0.3, -0.25) is 14.7 Å². The number of amides is 1. The zero-order chi connectivity index (χ0) is 35.1. The Morgan fingerprint density at radius 3 is 2.82 bits per heavy atom. The molecular weight excluding hydrogens is 654 g/mol. The fraction of sp³-hybridized carbons (Fsp3) is 0.487. The molecule has 2 aromatic heterocycles. The molecular formula is C39H42F2N6O4. The first-order valence-corrected chi connectivity index (χ1v) is 18.1. The first-order valence-electron chi connectivity index (χ1n) is 18.1. The second kappa shape index (κ2) is 13.8. The lowest BCUT2D eigenvalue weighted by Gasteiger charge is -2.47. The third kappa shape index (κ3) is 6.31. The highest BCUT2D eigenvalue weighted by atomic mass is 19.1. The number of aromatic hydroxyl groups is 1. The van der Waals surface area contributed by atoms with E-state index in [0.29, 0.717) is 62.0 Å². The minimum atomic E-state index is -0.749. The maximum absolute atomic E-state index is 17.0. The number of phenolic OH excluding ortho intramolecular Hbond substituents is 1. The topological polar surface area (TPSA) is 113 Å². The van der Waals surface area contributed by atoms with Crippen molar-refractivity contribution >= 4 is 33.4 Å². The monoisotopic (exact) mass is 696 g/mol. The molecule has 1 unspecified atom stereocenters. The van der Waals surface area contributed by atoms with Gasteiger partial charge in [0.25, 0.3) is 0 Å². The number of phenols is 1. The summed E-state index contributed by atoms with van der Waals surface area (Å²) in [5, 5.41) is 14.9. The van der Waals surface area contributed by atoms with E-state index in [1.807, 2.05) is 0 Å². The van der Waals surface area contributed by atoms with Crippen LogP contribution < -0.4 is 15.0 Å². The van der Waals surface area contributed by atoms with Crippen LogP contribution in [0.4, 0.5) is 14.6 Å². The molecule has 266 valence electrons. The van der Waals surface area contributed by atoms with Crippen LogP contribution in [0.25, 0.3) is 32.9 Å². The third-order valence-electron chi connectivity index (χ3n) is 11.3. The number of ether oxygens (including phenoxy) is 2. The molecule has 3 atom stereocenters. The van der Waals surface area contributed by atoms with E-state index in [9.17, 15) is 14.3 Å². The van der Waals surface area contributed by atoms with Gasteiger partial charge in [0.1, 0.15) is 28.6 Å². The summed E-state index contributed by atoms with van der Waals surface area (Å²) in [6.07, 6.45) is 15.7. The van der Waals surface area contributed by atoms with Gasteiger partial charge in [-0.1, -0.05) is 18.4 Å². The third-order valence-corrected chi connectivity index (χ3v) is 11.3. The summed E-state index contributed by atoms with van der Waals surface area (Å²) in [7, 11) is 0. The number of likely N-dealkylation sites (tertiary alicyclic amines) is 1. The maximum atomic E-state index is 17.0. The van der Waals surface area contributed by atoms with Crippen LogP contribution in [0.5, 0.6) is 11.8 Å². The second-order valence-electron chi connectivity index (χ2n) is 14.4. The molecule has 3 saturated heterocycles. The lowest BCUT2D eigenvalue weighted by molar-refractivity contribution is -0.123. The summed E-state index contributed by atoms with van der Waals surface area (Å²) < 4.78 is 44.1. The highest BCUT2D eigenvalue weighted by molar-refractivity contribution is 6.03. The number of piperidine rings is 2. The Bertz CT molecular complexity index is 2030. The molecule has 10 nitrogen and oxygen atoms in total. The SMILES string of the molecule is C#Cc1c(F)ccc2cc(O)cc(-c3ncc4c(N5CCCOCC5)nc(OC[C@]56CCC[C@H]5N(CC5CCCC(=O)N5)CCC6)nc4c3F)c12. The Kier molecular flexibility index (Phi) is 9.11. The van der Waals surface area contributed by atoms with Gasteiger partial charge in [0.2, 0.25) is 5.91 Å². The summed E-state index contributed by atoms with van der Waals surface area (Å²) >= 11 is 0. The van der Waals surface area contributed by atoms with Crippen molar-refractivity contribution < 1.29 is 28.2 Å². The number of terminal acetylenes is 1. The van der Waals surface area contributed by atoms with Crippen LogP contribution in [0.15, 0.2) is 30.5 Å². The van der Waals surface area contributed by atoms with Crippen LogP contribution >= 0.6 is 0 Å². The summed E-state index contributed by atoms with van der Waals surface area (Å²) in [5.41, 5.74) is -0.0961. The number of benzene rings is 2. The molecule has 1 amide bonds. The largest absolute Gasteiger partial charge is 0.508 e. The molecule has 2 aromatic carbocycles. The summed E-state index contributed by atoms with van der Waals surface area (Å²) in [6.45, 7) is 4.52. The first kappa shape index (κ1) is 33.5. The second-order valence-corrected chi connectivity index (χ2v) is 14.4. The van der Waals surface area contributed by atoms with Crippen molar-refractivity contribution in [1.82, 2.24) is 25.2 Å². The zero-order valence-electron chi connectivity index (χ0n) is 28.6. The van der Waals surface area contributed by atoms with Crippen LogP contribution in [0.2, 0.25) is 0 Å². The molecule has 4 aliphatic rings. The van der Waals surface area contributed by atoms with Gasteiger partial charge in [-0.25, -0.2) is 8.78 Å². The van der Waals surface area contributed by atoms with Crippen LogP contribution in [0.3, 0.4) is 0 Å². The van der Waals surface area contributed by atoms with Crippen LogP contribution in [0.1, 0.15) is 63.4 Å². The number of hydrogen-bond donors (Lipinski definition) is 2. The van der Waals surface area contributed by atoms with Gasteiger partial charge >= 0.3 is 6.01 Å². The highest BCUT2D eigenvalue weighted by Gasteiger charge is 2.49. The Balaban J connectivity index is 1.18. The van der Waals surface area contributed by atoms with Crippen molar-refractivity contribution in [1.29, 1.82) is 0 Å². The van der Waals surface area contributed by atoms with E-state index in [-0.39, 0.29) is 56.8 Å². The molecule has 8 rings (SSSR count). The van der Waals surface area contributed by atoms with E-state index in [0.717, 1.165) is 64.5 Å². The predicted octanol–water partition coefficient (Wildman–Crippen LogP) is 5.72. The number of halogens is 2. The first-order chi connectivity index (χ1) is 24.8. The Morgan fingerprint density at radius 1 is 1.08 bits per heavy atom. The molecule has 0 spiro atoms. The number of carbonyl (C=O) groups is 1. The number of hydrogen-bond acceptors (Lipinski definition) is 9. The van der Waals surface area contributed by atoms with Gasteiger partial charge in [-0.2, -0.15) is 9.97 Å². The van der Waals surface area contributed by atoms with Gasteiger partial charge in [0, 0.05) is 67.3 Å². The molecule has 4 aromatic rings. The minimum absolute atomic E-state index is 0.0131. The lowest BCUT2D eigenvalue weighted by atomic mass is 9.75. The Labute approximate surface area is 295 Å². The van der Waals surface area contributed by atoms with Crippen molar-refractivity contribution in [2.45, 2.75) is 69.9 Å². The van der Waals surface area contributed by atoms with E-state index in [1.165, 1.54) is 30.5 Å². The molecule has 12 heteroatoms. The molecule has 0 bridgehead atoms. The van der Waals surface area contributed by atoms with Gasteiger partial charge in [-0.15, -0.1) is 6.42 Å². The standard InChI is InChI=1S/C39H42F2N6O4/c1-2-27-30(40)11-10-24-19-26(48)20-28(33(24)27)35-34(41)36-29(21-42-35)37(46-15-6-17-50-18-16-46)45-38(44-36)51-23-39-12-4-8-31(39)47(14-5-13-39)22-25-7-3-9-32(49)43-25/h1,10-11,19-21,25,31,48H,3-9,12-18,22-23H2,(H,43,49)/t25?,31-,39-/m1/s1. The van der Waals surface area contributed by atoms with Crippen molar-refractivity contribution in [2.24, 2.45) is 5.41 Å². The van der Waals surface area contributed by atoms with Crippen molar-refractivity contribution in [3.05, 3.63) is 47.7 Å². The molecule has 1 saturated carbocycles. The number of aromatic nitrogens is 3. The van der Waals surface area contributed by atoms with E-state index in [2.05, 4.69) is 31.0 Å². The Morgan fingerprint density at radius 2 is 1.96 bits per heavy atom. The van der Waals surface area contributed by atoms with E-state index < -0.39 is 11.6 Å². The fourth-order valence-corrected chi connectivity index (χ4v) is 8.97. The minimum Gasteiger partial charge on any atom is -0.508 e. The van der Waals surface area contributed by atoms with Gasteiger partial charge in [0.05, 0.1) is 24.2 Å². The number of nitrogens with zero attached hydrogens (tertiary/aromatic N) is 5. The van der Waals surface area contributed by atoms with Crippen molar-refractivity contribution in [2.75, 3.05) is 50.9 Å². The fourth-order valence-electron chi connectivity index (χ4n) is 8.97. The maximum Gasteiger partial charge on any atom is 0.319 e. The summed E-state index contributed by atoms with van der Waals surface area (Å²) in [6, 6.07) is 6.07. The molecule has 1 aliphatic carbocycles. The van der Waals surface area contributed by atoms with E-state index in [4.69, 9.17) is 20.9 Å². The lowest BCUT2D eigenvalue weighted by Crippen LogP contribution is -2.56. The van der Waals surface area contributed by atoms with E-state index >= 15 is 4.39 Å². The number of pyridine rings is 1. The predicted molar refractivity (Wildman–Crippen MR) is 190 cm³/mol. The average molecular weight is 697 g/mol. The van der Waals surface area contributed by atoms with Gasteiger partial charge in [0.15, 0.2) is 5.82 Å². The van der Waals surface area contributed by atoms with Crippen LogP contribution in [0, 0.1) is 29.4 Å². The molecule has 51 heavy (non-hydrogen) atoms. The van der Waals surface area contributed by atoms with Crippen LogP contribution in [-0.2, 0) is 9.53 Å². The molecule has 3 aliphatic heterocycles. The summed E-state index contributed by atoms with van der Waals surface area (Å²) in [4.78, 5) is 30.8. The molecule has 5 heterocycles. The Hall–Kier alpha value is -4.60. The average Bonchev–Trinajstić information content (AvgIpc) is 3.38. The number of nitrogens with one attached hydrogen (secondary N) is 1. The smallest absolute Gasteiger partial charge is 0.319 e. The van der Waals surface area contributed by atoms with E-state index in [1.54, 1.807) is 0 Å². The van der Waals surface area contributed by atoms with Crippen molar-refractivity contribution in [3.63, 3.8) is 0 Å². The molecule has 4 fully saturated rings. The van der Waals surface area contributed by atoms with Crippen molar-refractivity contribution in [3.8, 4) is 35.4 Å². The molecule has 2 N–H and O–H groups in total. The number of carbonyl (C=O) groups excluding carboxylic acids is 1. The van der Waals surface area contributed by atoms with Crippen LogP contribution in [-0.4, -0.2) is 88.9 Å². The molecule has 0 radical (unpaired) electrons. The number of anilines is 1. The number of rotatable bonds is 7. The normalized spacial score (nSPS) is 24.3. The summed E-state index contributed by atoms with van der Waals surface area (Å²) in [5.74, 6) is 1.52. The van der Waals surface area contributed by atoms with Gasteiger partial charge in [-0.05, 0) is 75.1 Å². The highest BCUT2D eigenvalue weighted by Crippen LogP contribution is 2.48. The van der Waals surface area contributed by atoms with Gasteiger partial charge < -0.3 is 24.8 Å².